The molecule has 1 rings (SSSR count). The van der Waals surface area contributed by atoms with Crippen LogP contribution in [0.5, 0.6) is 5.75 Å². The number of nitrogens with one attached hydrogen (secondary N) is 1. The van der Waals surface area contributed by atoms with Gasteiger partial charge in [0.25, 0.3) is 0 Å². The van der Waals surface area contributed by atoms with Crippen LogP contribution in [0.3, 0.4) is 0 Å². The number of benzene rings is 1. The first-order valence-corrected chi connectivity index (χ1v) is 6.18. The molecule has 0 aromatic heterocycles. The van der Waals surface area contributed by atoms with Crippen molar-refractivity contribution in [3.8, 4) is 5.75 Å². The predicted octanol–water partition coefficient (Wildman–Crippen LogP) is 3.53. The lowest BCUT2D eigenvalue weighted by Gasteiger charge is -2.14. The quantitative estimate of drug-likeness (QED) is 0.599. The van der Waals surface area contributed by atoms with Crippen LogP contribution in [-0.4, -0.2) is 12.6 Å². The molecule has 0 aliphatic carbocycles. The fourth-order valence-electron chi connectivity index (χ4n) is 1.50. The molecule has 94 valence electrons. The molecule has 0 unspecified atom stereocenters. The van der Waals surface area contributed by atoms with E-state index in [-0.39, 0.29) is 6.10 Å². The van der Waals surface area contributed by atoms with Gasteiger partial charge in [-0.2, -0.15) is 0 Å². The third-order valence-corrected chi connectivity index (χ3v) is 2.31. The van der Waals surface area contributed by atoms with Gasteiger partial charge in [0.05, 0.1) is 6.10 Å². The zero-order chi connectivity index (χ0) is 12.7. The van der Waals surface area contributed by atoms with Gasteiger partial charge in [-0.1, -0.05) is 29.8 Å². The molecule has 0 amide bonds. The Bertz CT molecular complexity index is 365. The van der Waals surface area contributed by atoms with Crippen molar-refractivity contribution in [1.82, 2.24) is 5.32 Å². The van der Waals surface area contributed by atoms with Crippen molar-refractivity contribution in [2.45, 2.75) is 40.3 Å². The molecule has 1 N–H and O–H groups in total. The lowest BCUT2D eigenvalue weighted by Crippen LogP contribution is -2.15. The Kier molecular flexibility index (Phi) is 5.78. The van der Waals surface area contributed by atoms with Gasteiger partial charge in [0.1, 0.15) is 5.75 Å². The Hall–Kier alpha value is -1.28. The third kappa shape index (κ3) is 5.55. The first kappa shape index (κ1) is 13.8. The second-order valence-corrected chi connectivity index (χ2v) is 4.69. The van der Waals surface area contributed by atoms with Crippen molar-refractivity contribution in [3.05, 3.63) is 41.5 Å². The predicted molar refractivity (Wildman–Crippen MR) is 73.3 cm³/mol. The number of ether oxygens (including phenoxy) is 1. The monoisotopic (exact) mass is 233 g/mol. The van der Waals surface area contributed by atoms with E-state index < -0.39 is 0 Å². The van der Waals surface area contributed by atoms with Crippen LogP contribution < -0.4 is 10.1 Å². The largest absolute Gasteiger partial charge is 0.491 e. The van der Waals surface area contributed by atoms with Gasteiger partial charge in [0.15, 0.2) is 0 Å². The normalized spacial score (nSPS) is 10.4. The highest BCUT2D eigenvalue weighted by molar-refractivity contribution is 5.33. The fraction of sp³-hybridized carbons (Fsp3) is 0.467. The molecule has 0 radical (unpaired) electrons. The molecule has 0 atom stereocenters. The average Bonchev–Trinajstić information content (AvgIpc) is 2.25. The van der Waals surface area contributed by atoms with Crippen molar-refractivity contribution < 1.29 is 4.74 Å². The SMILES string of the molecule is CC(C)=CCNCc1ccccc1OC(C)C. The highest BCUT2D eigenvalue weighted by Crippen LogP contribution is 2.18. The summed E-state index contributed by atoms with van der Waals surface area (Å²) in [6.45, 7) is 10.1. The van der Waals surface area contributed by atoms with Crippen LogP contribution in [0.1, 0.15) is 33.3 Å². The van der Waals surface area contributed by atoms with E-state index in [0.717, 1.165) is 18.8 Å². The second-order valence-electron chi connectivity index (χ2n) is 4.69. The maximum Gasteiger partial charge on any atom is 0.124 e. The Morgan fingerprint density at radius 3 is 2.65 bits per heavy atom. The van der Waals surface area contributed by atoms with Gasteiger partial charge in [-0.15, -0.1) is 0 Å². The first-order valence-electron chi connectivity index (χ1n) is 6.18. The van der Waals surface area contributed by atoms with Crippen LogP contribution >= 0.6 is 0 Å². The van der Waals surface area contributed by atoms with Gasteiger partial charge in [-0.3, -0.25) is 0 Å². The summed E-state index contributed by atoms with van der Waals surface area (Å²) >= 11 is 0. The van der Waals surface area contributed by atoms with E-state index in [9.17, 15) is 0 Å². The zero-order valence-electron chi connectivity index (χ0n) is 11.3. The Morgan fingerprint density at radius 1 is 1.29 bits per heavy atom. The second kappa shape index (κ2) is 7.13. The first-order chi connectivity index (χ1) is 8.09. The van der Waals surface area contributed by atoms with E-state index >= 15 is 0 Å². The summed E-state index contributed by atoms with van der Waals surface area (Å²) in [4.78, 5) is 0. The molecule has 0 spiro atoms. The van der Waals surface area contributed by atoms with Crippen LogP contribution in [0.25, 0.3) is 0 Å². The molecule has 0 fully saturated rings. The summed E-state index contributed by atoms with van der Waals surface area (Å²) in [5, 5.41) is 3.39. The maximum atomic E-state index is 5.77. The van der Waals surface area contributed by atoms with E-state index in [1.807, 2.05) is 32.0 Å². The fourth-order valence-corrected chi connectivity index (χ4v) is 1.50. The molecular weight excluding hydrogens is 210 g/mol. The van der Waals surface area contributed by atoms with Crippen LogP contribution in [-0.2, 0) is 6.54 Å². The summed E-state index contributed by atoms with van der Waals surface area (Å²) in [5.74, 6) is 0.979. The lowest BCUT2D eigenvalue weighted by atomic mass is 10.2. The van der Waals surface area contributed by atoms with Gasteiger partial charge >= 0.3 is 0 Å². The standard InChI is InChI=1S/C15H23NO/c1-12(2)9-10-16-11-14-7-5-6-8-15(14)17-13(3)4/h5-9,13,16H,10-11H2,1-4H3. The summed E-state index contributed by atoms with van der Waals surface area (Å²) in [6.07, 6.45) is 2.40. The number of hydrogen-bond donors (Lipinski definition) is 1. The van der Waals surface area contributed by atoms with Gasteiger partial charge in [0, 0.05) is 18.7 Å². The molecule has 0 heterocycles. The van der Waals surface area contributed by atoms with Crippen LogP contribution in [0, 0.1) is 0 Å². The summed E-state index contributed by atoms with van der Waals surface area (Å²) in [6, 6.07) is 8.19. The van der Waals surface area contributed by atoms with Gasteiger partial charge in [-0.25, -0.2) is 0 Å². The van der Waals surface area contributed by atoms with Gasteiger partial charge in [-0.05, 0) is 33.8 Å². The zero-order valence-corrected chi connectivity index (χ0v) is 11.3. The van der Waals surface area contributed by atoms with Crippen molar-refractivity contribution in [2.75, 3.05) is 6.54 Å². The minimum atomic E-state index is 0.217. The van der Waals surface area contributed by atoms with Crippen molar-refractivity contribution in [1.29, 1.82) is 0 Å². The summed E-state index contributed by atoms with van der Waals surface area (Å²) in [5.41, 5.74) is 2.55. The number of allylic oxidation sites excluding steroid dienone is 1. The topological polar surface area (TPSA) is 21.3 Å². The van der Waals surface area contributed by atoms with Gasteiger partial charge < -0.3 is 10.1 Å². The molecule has 0 aliphatic heterocycles. The Morgan fingerprint density at radius 2 is 2.00 bits per heavy atom. The molecule has 2 heteroatoms. The highest BCUT2D eigenvalue weighted by atomic mass is 16.5. The Labute approximate surface area is 105 Å². The molecule has 0 bridgehead atoms. The number of rotatable bonds is 6. The molecule has 0 saturated heterocycles. The molecule has 1 aromatic carbocycles. The molecular formula is C15H23NO. The number of para-hydroxylation sites is 1. The van der Waals surface area contributed by atoms with E-state index in [1.165, 1.54) is 11.1 Å². The van der Waals surface area contributed by atoms with E-state index in [1.54, 1.807) is 0 Å². The van der Waals surface area contributed by atoms with Crippen LogP contribution in [0.15, 0.2) is 35.9 Å². The minimum absolute atomic E-state index is 0.217. The van der Waals surface area contributed by atoms with E-state index in [4.69, 9.17) is 4.74 Å². The summed E-state index contributed by atoms with van der Waals surface area (Å²) < 4.78 is 5.77. The minimum Gasteiger partial charge on any atom is -0.491 e. The number of hydrogen-bond acceptors (Lipinski definition) is 2. The summed E-state index contributed by atoms with van der Waals surface area (Å²) in [7, 11) is 0. The van der Waals surface area contributed by atoms with Crippen molar-refractivity contribution in [2.24, 2.45) is 0 Å². The lowest BCUT2D eigenvalue weighted by molar-refractivity contribution is 0.239. The van der Waals surface area contributed by atoms with Gasteiger partial charge in [0.2, 0.25) is 0 Å². The van der Waals surface area contributed by atoms with Crippen LogP contribution in [0.4, 0.5) is 0 Å². The van der Waals surface area contributed by atoms with Crippen molar-refractivity contribution in [3.63, 3.8) is 0 Å². The highest BCUT2D eigenvalue weighted by Gasteiger charge is 2.03. The maximum absolute atomic E-state index is 5.77. The average molecular weight is 233 g/mol. The Balaban J connectivity index is 2.54. The van der Waals surface area contributed by atoms with E-state index in [0.29, 0.717) is 0 Å². The smallest absolute Gasteiger partial charge is 0.124 e. The van der Waals surface area contributed by atoms with E-state index in [2.05, 4.69) is 31.3 Å². The third-order valence-electron chi connectivity index (χ3n) is 2.31. The van der Waals surface area contributed by atoms with Crippen LogP contribution in [0.2, 0.25) is 0 Å². The van der Waals surface area contributed by atoms with Crippen molar-refractivity contribution >= 4 is 0 Å². The molecule has 2 nitrogen and oxygen atoms in total. The molecule has 0 aliphatic rings. The molecule has 17 heavy (non-hydrogen) atoms. The molecule has 1 aromatic rings. The molecule has 0 saturated carbocycles.